The van der Waals surface area contributed by atoms with Crippen LogP contribution in [0.3, 0.4) is 0 Å². The van der Waals surface area contributed by atoms with Gasteiger partial charge in [0.2, 0.25) is 0 Å². The summed E-state index contributed by atoms with van der Waals surface area (Å²) in [5.41, 5.74) is 1.81. The van der Waals surface area contributed by atoms with Crippen LogP contribution in [0.15, 0.2) is 54.9 Å². The van der Waals surface area contributed by atoms with Gasteiger partial charge in [-0.15, -0.1) is 0 Å². The largest absolute Gasteiger partial charge is 0.303 e. The Hall–Kier alpha value is -2.00. The van der Waals surface area contributed by atoms with Crippen LogP contribution in [0, 0.1) is 0 Å². The van der Waals surface area contributed by atoms with E-state index in [2.05, 4.69) is 10.3 Å². The van der Waals surface area contributed by atoms with Gasteiger partial charge in [-0.05, 0) is 18.6 Å². The van der Waals surface area contributed by atoms with Gasteiger partial charge in [0, 0.05) is 24.5 Å². The highest BCUT2D eigenvalue weighted by atomic mass is 16.1. The molecule has 0 aliphatic rings. The first-order chi connectivity index (χ1) is 8.77. The van der Waals surface area contributed by atoms with Crippen LogP contribution in [0.2, 0.25) is 0 Å². The van der Waals surface area contributed by atoms with Gasteiger partial charge in [-0.1, -0.05) is 36.4 Å². The summed E-state index contributed by atoms with van der Waals surface area (Å²) in [7, 11) is 0. The van der Waals surface area contributed by atoms with Crippen LogP contribution >= 0.6 is 0 Å². The number of carbonyl (C=O) groups excluding carboxylic acids is 1. The molecule has 3 heteroatoms. The van der Waals surface area contributed by atoms with Gasteiger partial charge in [-0.3, -0.25) is 9.78 Å². The van der Waals surface area contributed by atoms with E-state index in [0.29, 0.717) is 6.54 Å². The van der Waals surface area contributed by atoms with E-state index >= 15 is 0 Å². The van der Waals surface area contributed by atoms with E-state index in [1.165, 1.54) is 0 Å². The van der Waals surface area contributed by atoms with Gasteiger partial charge in [0.05, 0.1) is 6.04 Å². The fourth-order valence-electron chi connectivity index (χ4n) is 1.72. The zero-order valence-corrected chi connectivity index (χ0v) is 10.3. The number of hydrogen-bond donors (Lipinski definition) is 1. The monoisotopic (exact) mass is 240 g/mol. The number of nitrogens with zero attached hydrogens (tertiary/aromatic N) is 1. The lowest BCUT2D eigenvalue weighted by atomic mass is 10.1. The minimum Gasteiger partial charge on any atom is -0.303 e. The highest BCUT2D eigenvalue weighted by Crippen LogP contribution is 2.04. The molecule has 2 aromatic rings. The van der Waals surface area contributed by atoms with Crippen molar-refractivity contribution in [3.05, 3.63) is 66.0 Å². The Morgan fingerprint density at radius 3 is 2.67 bits per heavy atom. The van der Waals surface area contributed by atoms with Gasteiger partial charge in [-0.2, -0.15) is 0 Å². The average Bonchev–Trinajstić information content (AvgIpc) is 2.46. The molecule has 0 aliphatic heterocycles. The Bertz CT molecular complexity index is 496. The van der Waals surface area contributed by atoms with Crippen molar-refractivity contribution in [3.8, 4) is 0 Å². The lowest BCUT2D eigenvalue weighted by Gasteiger charge is -2.12. The lowest BCUT2D eigenvalue weighted by Crippen LogP contribution is -2.33. The Balaban J connectivity index is 1.93. The van der Waals surface area contributed by atoms with Gasteiger partial charge in [0.1, 0.15) is 0 Å². The number of carbonyl (C=O) groups is 1. The maximum absolute atomic E-state index is 12.1. The van der Waals surface area contributed by atoms with Crippen molar-refractivity contribution in [1.82, 2.24) is 10.3 Å². The third-order valence-electron chi connectivity index (χ3n) is 2.79. The molecule has 0 fully saturated rings. The van der Waals surface area contributed by atoms with Crippen molar-refractivity contribution in [1.29, 1.82) is 0 Å². The first-order valence-corrected chi connectivity index (χ1v) is 5.99. The molecule has 92 valence electrons. The summed E-state index contributed by atoms with van der Waals surface area (Å²) in [6.45, 7) is 2.53. The van der Waals surface area contributed by atoms with E-state index in [9.17, 15) is 4.79 Å². The molecule has 0 saturated carbocycles. The molecular formula is C15H16N2O. The Morgan fingerprint density at radius 1 is 1.22 bits per heavy atom. The van der Waals surface area contributed by atoms with Crippen molar-refractivity contribution >= 4 is 5.78 Å². The van der Waals surface area contributed by atoms with Gasteiger partial charge < -0.3 is 5.32 Å². The first kappa shape index (κ1) is 12.5. The van der Waals surface area contributed by atoms with Gasteiger partial charge >= 0.3 is 0 Å². The van der Waals surface area contributed by atoms with Crippen LogP contribution in [0.1, 0.15) is 22.8 Å². The molecule has 0 saturated heterocycles. The Morgan fingerprint density at radius 2 is 2.00 bits per heavy atom. The van der Waals surface area contributed by atoms with Crippen LogP contribution in [0.5, 0.6) is 0 Å². The highest BCUT2D eigenvalue weighted by molar-refractivity contribution is 5.99. The smallest absolute Gasteiger partial charge is 0.179 e. The van der Waals surface area contributed by atoms with E-state index in [1.807, 2.05) is 49.4 Å². The lowest BCUT2D eigenvalue weighted by molar-refractivity contribution is 0.0950. The topological polar surface area (TPSA) is 42.0 Å². The van der Waals surface area contributed by atoms with Crippen LogP contribution in [0.25, 0.3) is 0 Å². The van der Waals surface area contributed by atoms with E-state index in [-0.39, 0.29) is 11.8 Å². The first-order valence-electron chi connectivity index (χ1n) is 5.99. The number of ketones is 1. The average molecular weight is 240 g/mol. The molecule has 2 rings (SSSR count). The van der Waals surface area contributed by atoms with Crippen LogP contribution < -0.4 is 5.32 Å². The molecule has 0 spiro atoms. The number of hydrogen-bond acceptors (Lipinski definition) is 3. The summed E-state index contributed by atoms with van der Waals surface area (Å²) >= 11 is 0. The molecule has 1 N–H and O–H groups in total. The maximum Gasteiger partial charge on any atom is 0.179 e. The summed E-state index contributed by atoms with van der Waals surface area (Å²) in [6, 6.07) is 13.0. The summed E-state index contributed by atoms with van der Waals surface area (Å²) in [5, 5.41) is 3.21. The number of nitrogens with one attached hydrogen (secondary N) is 1. The summed E-state index contributed by atoms with van der Waals surface area (Å²) in [4.78, 5) is 16.1. The van der Waals surface area contributed by atoms with Crippen molar-refractivity contribution in [2.45, 2.75) is 19.5 Å². The molecule has 0 radical (unpaired) electrons. The summed E-state index contributed by atoms with van der Waals surface area (Å²) in [5.74, 6) is 0.111. The van der Waals surface area contributed by atoms with Crippen LogP contribution in [-0.4, -0.2) is 16.8 Å². The maximum atomic E-state index is 12.1. The fourth-order valence-corrected chi connectivity index (χ4v) is 1.72. The van der Waals surface area contributed by atoms with Crippen molar-refractivity contribution in [2.24, 2.45) is 0 Å². The van der Waals surface area contributed by atoms with Gasteiger partial charge in [0.15, 0.2) is 5.78 Å². The fraction of sp³-hybridized carbons (Fsp3) is 0.200. The third kappa shape index (κ3) is 3.25. The SMILES string of the molecule is CC(NCc1cccnc1)C(=O)c1ccccc1. The van der Waals surface area contributed by atoms with Crippen molar-refractivity contribution in [3.63, 3.8) is 0 Å². The second-order valence-corrected chi connectivity index (χ2v) is 4.19. The molecule has 1 atom stereocenters. The van der Waals surface area contributed by atoms with Gasteiger partial charge in [-0.25, -0.2) is 0 Å². The van der Waals surface area contributed by atoms with Crippen molar-refractivity contribution < 1.29 is 4.79 Å². The van der Waals surface area contributed by atoms with E-state index < -0.39 is 0 Å². The minimum absolute atomic E-state index is 0.111. The minimum atomic E-state index is -0.201. The molecular weight excluding hydrogens is 224 g/mol. The molecule has 1 aromatic carbocycles. The standard InChI is InChI=1S/C15H16N2O/c1-12(15(18)14-7-3-2-4-8-14)17-11-13-6-5-9-16-10-13/h2-10,12,17H,11H2,1H3. The number of Topliss-reactive ketones (excluding diaryl/α,β-unsaturated/α-hetero) is 1. The van der Waals surface area contributed by atoms with E-state index in [0.717, 1.165) is 11.1 Å². The normalized spacial score (nSPS) is 12.1. The van der Waals surface area contributed by atoms with E-state index in [4.69, 9.17) is 0 Å². The molecule has 0 amide bonds. The predicted octanol–water partition coefficient (Wildman–Crippen LogP) is 2.44. The molecule has 0 bridgehead atoms. The molecule has 1 heterocycles. The van der Waals surface area contributed by atoms with Crippen molar-refractivity contribution in [2.75, 3.05) is 0 Å². The highest BCUT2D eigenvalue weighted by Gasteiger charge is 2.13. The zero-order valence-electron chi connectivity index (χ0n) is 10.3. The summed E-state index contributed by atoms with van der Waals surface area (Å²) < 4.78 is 0. The Kier molecular flexibility index (Phi) is 4.20. The Labute approximate surface area is 107 Å². The number of pyridine rings is 1. The second kappa shape index (κ2) is 6.07. The molecule has 3 nitrogen and oxygen atoms in total. The number of benzene rings is 1. The summed E-state index contributed by atoms with van der Waals surface area (Å²) in [6.07, 6.45) is 3.54. The van der Waals surface area contributed by atoms with Crippen LogP contribution in [-0.2, 0) is 6.54 Å². The van der Waals surface area contributed by atoms with Crippen LogP contribution in [0.4, 0.5) is 0 Å². The molecule has 1 aromatic heterocycles. The van der Waals surface area contributed by atoms with Gasteiger partial charge in [0.25, 0.3) is 0 Å². The molecule has 18 heavy (non-hydrogen) atoms. The molecule has 0 aliphatic carbocycles. The predicted molar refractivity (Wildman–Crippen MR) is 71.3 cm³/mol. The number of rotatable bonds is 5. The molecule has 1 unspecified atom stereocenters. The quantitative estimate of drug-likeness (QED) is 0.816. The van der Waals surface area contributed by atoms with E-state index in [1.54, 1.807) is 12.4 Å². The number of aromatic nitrogens is 1. The third-order valence-corrected chi connectivity index (χ3v) is 2.79. The second-order valence-electron chi connectivity index (χ2n) is 4.19. The zero-order chi connectivity index (χ0) is 12.8.